The van der Waals surface area contributed by atoms with E-state index in [-0.39, 0.29) is 0 Å². The zero-order valence-corrected chi connectivity index (χ0v) is 15.0. The molecule has 0 saturated carbocycles. The Balaban J connectivity index is 2.07. The molecule has 1 unspecified atom stereocenters. The van der Waals surface area contributed by atoms with Gasteiger partial charge in [-0.2, -0.15) is 0 Å². The van der Waals surface area contributed by atoms with Crippen LogP contribution in [-0.4, -0.2) is 48.1 Å². The summed E-state index contributed by atoms with van der Waals surface area (Å²) >= 11 is 4.50. The van der Waals surface area contributed by atoms with Gasteiger partial charge in [0.15, 0.2) is 0 Å². The van der Waals surface area contributed by atoms with Crippen molar-refractivity contribution in [3.63, 3.8) is 0 Å². The highest BCUT2D eigenvalue weighted by molar-refractivity contribution is 14.1. The molecule has 0 spiro atoms. The summed E-state index contributed by atoms with van der Waals surface area (Å²) in [5.74, 6) is 0.448. The maximum absolute atomic E-state index is 10.1. The molecule has 5 heteroatoms. The number of halogens is 2. The smallest absolute Gasteiger partial charge is 0.133 e. The molecular formula is C13H18I2N2O. The normalized spacial score (nSPS) is 20.8. The molecule has 0 bridgehead atoms. The second kappa shape index (κ2) is 6.23. The Morgan fingerprint density at radius 1 is 1.39 bits per heavy atom. The van der Waals surface area contributed by atoms with Crippen molar-refractivity contribution in [1.82, 2.24) is 9.80 Å². The Labute approximate surface area is 136 Å². The van der Waals surface area contributed by atoms with Crippen molar-refractivity contribution in [2.75, 3.05) is 27.2 Å². The van der Waals surface area contributed by atoms with E-state index in [9.17, 15) is 5.11 Å². The second-order valence-corrected chi connectivity index (χ2v) is 7.44. The summed E-state index contributed by atoms with van der Waals surface area (Å²) in [5.41, 5.74) is 1.05. The number of likely N-dealkylation sites (N-methyl/N-ethyl adjacent to an activating group) is 1. The predicted octanol–water partition coefficient (Wildman–Crippen LogP) is 2.74. The van der Waals surface area contributed by atoms with E-state index in [4.69, 9.17) is 0 Å². The molecule has 1 heterocycles. The molecule has 0 radical (unpaired) electrons. The number of hydrogen-bond acceptors (Lipinski definition) is 3. The van der Waals surface area contributed by atoms with Crippen LogP contribution in [0.1, 0.15) is 12.0 Å². The Kier molecular flexibility index (Phi) is 5.13. The van der Waals surface area contributed by atoms with Crippen molar-refractivity contribution in [2.24, 2.45) is 0 Å². The fourth-order valence-electron chi connectivity index (χ4n) is 2.36. The summed E-state index contributed by atoms with van der Waals surface area (Å²) in [7, 11) is 4.28. The van der Waals surface area contributed by atoms with Crippen LogP contribution in [0.2, 0.25) is 0 Å². The third-order valence-corrected chi connectivity index (χ3v) is 4.92. The van der Waals surface area contributed by atoms with Crippen molar-refractivity contribution in [1.29, 1.82) is 0 Å². The topological polar surface area (TPSA) is 26.7 Å². The standard InChI is InChI=1S/C13H18I2N2O/c1-16(2)11-3-4-17(8-11)7-9-5-10(14)6-12(15)13(9)18/h5-6,11,18H,3-4,7-8H2,1-2H3. The highest BCUT2D eigenvalue weighted by Gasteiger charge is 2.24. The third-order valence-electron chi connectivity index (χ3n) is 3.48. The summed E-state index contributed by atoms with van der Waals surface area (Å²) in [5, 5.41) is 10.1. The molecule has 18 heavy (non-hydrogen) atoms. The van der Waals surface area contributed by atoms with E-state index in [1.807, 2.05) is 6.07 Å². The fraction of sp³-hybridized carbons (Fsp3) is 0.538. The van der Waals surface area contributed by atoms with Gasteiger partial charge in [0.25, 0.3) is 0 Å². The summed E-state index contributed by atoms with van der Waals surface area (Å²) < 4.78 is 2.13. The number of nitrogens with zero attached hydrogens (tertiary/aromatic N) is 2. The van der Waals surface area contributed by atoms with Gasteiger partial charge in [-0.25, -0.2) is 0 Å². The molecule has 0 aromatic heterocycles. The summed E-state index contributed by atoms with van der Waals surface area (Å²) in [6.07, 6.45) is 1.22. The molecule has 100 valence electrons. The van der Waals surface area contributed by atoms with E-state index in [0.29, 0.717) is 11.8 Å². The summed E-state index contributed by atoms with van der Waals surface area (Å²) in [4.78, 5) is 4.71. The monoisotopic (exact) mass is 472 g/mol. The van der Waals surface area contributed by atoms with E-state index in [2.05, 4.69) is 75.1 Å². The van der Waals surface area contributed by atoms with Gasteiger partial charge in [-0.05, 0) is 77.8 Å². The van der Waals surface area contributed by atoms with Crippen LogP contribution in [0, 0.1) is 7.14 Å². The van der Waals surface area contributed by atoms with Crippen molar-refractivity contribution < 1.29 is 5.11 Å². The summed E-state index contributed by atoms with van der Waals surface area (Å²) in [6.45, 7) is 3.06. The lowest BCUT2D eigenvalue weighted by Gasteiger charge is -2.21. The van der Waals surface area contributed by atoms with Gasteiger partial charge in [-0.15, -0.1) is 0 Å². The van der Waals surface area contributed by atoms with Crippen molar-refractivity contribution in [2.45, 2.75) is 19.0 Å². The van der Waals surface area contributed by atoms with Gasteiger partial charge in [0, 0.05) is 34.8 Å². The van der Waals surface area contributed by atoms with Gasteiger partial charge in [-0.3, -0.25) is 4.90 Å². The molecule has 1 N–H and O–H groups in total. The van der Waals surface area contributed by atoms with Gasteiger partial charge in [-0.1, -0.05) is 0 Å². The number of benzene rings is 1. The zero-order valence-electron chi connectivity index (χ0n) is 10.7. The molecule has 0 amide bonds. The van der Waals surface area contributed by atoms with E-state index in [1.54, 1.807) is 0 Å². The average Bonchev–Trinajstić information content (AvgIpc) is 2.74. The highest BCUT2D eigenvalue weighted by Crippen LogP contribution is 2.29. The van der Waals surface area contributed by atoms with Crippen molar-refractivity contribution >= 4 is 45.2 Å². The first kappa shape index (κ1) is 14.8. The first-order valence-corrected chi connectivity index (χ1v) is 8.19. The molecule has 1 aromatic rings. The van der Waals surface area contributed by atoms with Gasteiger partial charge in [0.2, 0.25) is 0 Å². The number of rotatable bonds is 3. The summed E-state index contributed by atoms with van der Waals surface area (Å²) in [6, 6.07) is 4.74. The zero-order chi connectivity index (χ0) is 13.3. The van der Waals surface area contributed by atoms with Crippen molar-refractivity contribution in [3.8, 4) is 5.75 Å². The number of aromatic hydroxyl groups is 1. The van der Waals surface area contributed by atoms with Crippen LogP contribution in [0.4, 0.5) is 0 Å². The fourth-order valence-corrected chi connectivity index (χ4v) is 4.32. The number of phenols is 1. The quantitative estimate of drug-likeness (QED) is 0.687. The lowest BCUT2D eigenvalue weighted by molar-refractivity contribution is 0.262. The molecule has 1 fully saturated rings. The van der Waals surface area contributed by atoms with Gasteiger partial charge >= 0.3 is 0 Å². The first-order valence-electron chi connectivity index (χ1n) is 6.03. The molecular weight excluding hydrogens is 454 g/mol. The van der Waals surface area contributed by atoms with Crippen LogP contribution in [0.15, 0.2) is 12.1 Å². The van der Waals surface area contributed by atoms with Gasteiger partial charge < -0.3 is 10.0 Å². The molecule has 1 aliphatic heterocycles. The predicted molar refractivity (Wildman–Crippen MR) is 90.9 cm³/mol. The van der Waals surface area contributed by atoms with Crippen LogP contribution in [0.3, 0.4) is 0 Å². The lowest BCUT2D eigenvalue weighted by Crippen LogP contribution is -2.31. The van der Waals surface area contributed by atoms with E-state index < -0.39 is 0 Å². The molecule has 1 aliphatic rings. The van der Waals surface area contributed by atoms with E-state index >= 15 is 0 Å². The number of phenolic OH excluding ortho intramolecular Hbond substituents is 1. The minimum absolute atomic E-state index is 0.448. The Bertz CT molecular complexity index is 437. The number of likely N-dealkylation sites (tertiary alicyclic amines) is 1. The molecule has 3 nitrogen and oxygen atoms in total. The first-order chi connectivity index (χ1) is 8.47. The van der Waals surface area contributed by atoms with Crippen LogP contribution in [0.25, 0.3) is 0 Å². The Hall–Kier alpha value is 0.400. The Morgan fingerprint density at radius 3 is 2.72 bits per heavy atom. The van der Waals surface area contributed by atoms with E-state index in [0.717, 1.165) is 28.8 Å². The minimum atomic E-state index is 0.448. The maximum atomic E-state index is 10.1. The van der Waals surface area contributed by atoms with Gasteiger partial charge in [0.05, 0.1) is 3.57 Å². The van der Waals surface area contributed by atoms with Crippen LogP contribution in [-0.2, 0) is 6.54 Å². The Morgan fingerprint density at radius 2 is 2.11 bits per heavy atom. The van der Waals surface area contributed by atoms with Crippen LogP contribution in [0.5, 0.6) is 5.75 Å². The molecule has 1 atom stereocenters. The third kappa shape index (κ3) is 3.49. The van der Waals surface area contributed by atoms with Crippen LogP contribution >= 0.6 is 45.2 Å². The maximum Gasteiger partial charge on any atom is 0.133 e. The lowest BCUT2D eigenvalue weighted by atomic mass is 10.2. The largest absolute Gasteiger partial charge is 0.507 e. The molecule has 1 aromatic carbocycles. The molecule has 0 aliphatic carbocycles. The number of hydrogen-bond donors (Lipinski definition) is 1. The highest BCUT2D eigenvalue weighted by atomic mass is 127. The SMILES string of the molecule is CN(C)C1CCN(Cc2cc(I)cc(I)c2O)C1. The van der Waals surface area contributed by atoms with Crippen LogP contribution < -0.4 is 0 Å². The molecule has 2 rings (SSSR count). The van der Waals surface area contributed by atoms with Gasteiger partial charge in [0.1, 0.15) is 5.75 Å². The second-order valence-electron chi connectivity index (χ2n) is 5.04. The minimum Gasteiger partial charge on any atom is -0.507 e. The average molecular weight is 472 g/mol. The molecule has 1 saturated heterocycles. The van der Waals surface area contributed by atoms with E-state index in [1.165, 1.54) is 9.99 Å². The van der Waals surface area contributed by atoms with Crippen molar-refractivity contribution in [3.05, 3.63) is 24.8 Å².